The molecule has 1 saturated carbocycles. The molecular weight excluding hydrogens is 791 g/mol. The number of sulfonamides is 1. The number of hydrogen-bond acceptors (Lipinski definition) is 13. The fourth-order valence-electron chi connectivity index (χ4n) is 9.71. The van der Waals surface area contributed by atoms with Crippen LogP contribution in [0.5, 0.6) is 5.75 Å². The molecule has 60 heavy (non-hydrogen) atoms. The number of benzene rings is 3. The van der Waals surface area contributed by atoms with E-state index in [0.29, 0.717) is 34.9 Å². The quantitative estimate of drug-likeness (QED) is 0.195. The largest absolute Gasteiger partial charge is 0.496 e. The molecule has 10 rings (SSSR count). The summed E-state index contributed by atoms with van der Waals surface area (Å²) in [5.74, 6) is -1.53. The Morgan fingerprint density at radius 2 is 1.72 bits per heavy atom. The molecular formula is C42H43N9O8S. The summed E-state index contributed by atoms with van der Waals surface area (Å²) in [5, 5.41) is 11.0. The molecule has 4 fully saturated rings. The number of methoxy groups -OCH3 is 1. The van der Waals surface area contributed by atoms with Crippen molar-refractivity contribution in [1.82, 2.24) is 30.1 Å². The van der Waals surface area contributed by atoms with Crippen molar-refractivity contribution in [2.24, 2.45) is 5.41 Å². The van der Waals surface area contributed by atoms with Gasteiger partial charge in [0.2, 0.25) is 11.8 Å². The number of anilines is 3. The monoisotopic (exact) mass is 833 g/mol. The average Bonchev–Trinajstić information content (AvgIpc) is 4.05. The van der Waals surface area contributed by atoms with E-state index in [9.17, 15) is 27.6 Å². The Bertz CT molecular complexity index is 2670. The summed E-state index contributed by atoms with van der Waals surface area (Å²) >= 11 is 0. The fraction of sp³-hybridized carbons (Fsp3) is 0.381. The number of rotatable bonds is 10. The average molecular weight is 834 g/mol. The van der Waals surface area contributed by atoms with E-state index < -0.39 is 39.7 Å². The highest BCUT2D eigenvalue weighted by Gasteiger charge is 2.51. The maximum absolute atomic E-state index is 13.7. The summed E-state index contributed by atoms with van der Waals surface area (Å²) in [7, 11) is -2.51. The van der Waals surface area contributed by atoms with Crippen LogP contribution < -0.4 is 24.6 Å². The van der Waals surface area contributed by atoms with Gasteiger partial charge in [-0.15, -0.1) is 0 Å². The Morgan fingerprint density at radius 3 is 2.48 bits per heavy atom. The van der Waals surface area contributed by atoms with Gasteiger partial charge in [0.1, 0.15) is 17.2 Å². The molecule has 18 heteroatoms. The molecule has 0 bridgehead atoms. The van der Waals surface area contributed by atoms with Crippen molar-refractivity contribution in [1.29, 1.82) is 0 Å². The molecule has 6 heterocycles. The normalized spacial score (nSPS) is 23.4. The van der Waals surface area contributed by atoms with Crippen molar-refractivity contribution in [3.63, 3.8) is 0 Å². The summed E-state index contributed by atoms with van der Waals surface area (Å²) in [6, 6.07) is 17.2. The van der Waals surface area contributed by atoms with Gasteiger partial charge < -0.3 is 19.1 Å². The lowest BCUT2D eigenvalue weighted by Gasteiger charge is -2.52. The topological polar surface area (TPSA) is 193 Å². The number of ether oxygens (including phenoxy) is 1. The molecule has 4 aliphatic heterocycles. The predicted octanol–water partition coefficient (Wildman–Crippen LogP) is 3.46. The maximum Gasteiger partial charge on any atom is 0.263 e. The highest BCUT2D eigenvalue weighted by molar-refractivity contribution is 7.92. The fourth-order valence-corrected chi connectivity index (χ4v) is 10.8. The summed E-state index contributed by atoms with van der Waals surface area (Å²) in [6.07, 6.45) is 6.93. The molecule has 1 atom stereocenters. The first-order chi connectivity index (χ1) is 29.0. The maximum atomic E-state index is 13.7. The zero-order valence-corrected chi connectivity index (χ0v) is 33.7. The van der Waals surface area contributed by atoms with Crippen molar-refractivity contribution >= 4 is 61.8 Å². The van der Waals surface area contributed by atoms with Crippen LogP contribution in [0.3, 0.4) is 0 Å². The van der Waals surface area contributed by atoms with Crippen LogP contribution in [0.4, 0.5) is 17.2 Å². The smallest absolute Gasteiger partial charge is 0.263 e. The van der Waals surface area contributed by atoms with Crippen LogP contribution in [-0.4, -0.2) is 115 Å². The van der Waals surface area contributed by atoms with Crippen molar-refractivity contribution in [2.75, 3.05) is 60.9 Å². The lowest BCUT2D eigenvalue weighted by Crippen LogP contribution is -2.57. The standard InChI is InChI=1S/C42H43N9O8S/c1-58-34-18-26(24-50-12-3-11-43-50)19-35-37(34)38(45-59-35)46-60(56,57)30-5-2-4-27(20-30)47-14-16-48(17-15-47)29-22-42(23-29)10-13-49(25-42)28-6-7-31-32(21-28)41(55)51(40(31)54)33-8-9-36(52)44-39(33)53/h2-7,11-12,18-21,29,33H,8-10,13-17,22-25H2,1H3,(H,45,46)(H,44,52,53). The molecule has 1 aliphatic carbocycles. The van der Waals surface area contributed by atoms with Crippen molar-refractivity contribution < 1.29 is 36.9 Å². The molecule has 1 unspecified atom stereocenters. The number of hydrogen-bond donors (Lipinski definition) is 2. The van der Waals surface area contributed by atoms with Gasteiger partial charge in [-0.3, -0.25) is 43.7 Å². The highest BCUT2D eigenvalue weighted by atomic mass is 32.2. The molecule has 17 nitrogen and oxygen atoms in total. The number of nitrogens with one attached hydrogen (secondary N) is 2. The third-order valence-electron chi connectivity index (χ3n) is 12.8. The Morgan fingerprint density at radius 1 is 0.917 bits per heavy atom. The van der Waals surface area contributed by atoms with E-state index in [1.807, 2.05) is 30.5 Å². The van der Waals surface area contributed by atoms with Gasteiger partial charge >= 0.3 is 0 Å². The van der Waals surface area contributed by atoms with Gasteiger partial charge in [-0.25, -0.2) is 8.42 Å². The first-order valence-corrected chi connectivity index (χ1v) is 21.6. The van der Waals surface area contributed by atoms with Crippen LogP contribution in [0.15, 0.2) is 82.5 Å². The number of aromatic nitrogens is 3. The Labute approximate surface area is 345 Å². The number of carbonyl (C=O) groups excluding carboxylic acids is 4. The zero-order valence-electron chi connectivity index (χ0n) is 32.9. The van der Waals surface area contributed by atoms with Crippen molar-refractivity contribution in [3.05, 3.63) is 89.7 Å². The Balaban J connectivity index is 0.745. The lowest BCUT2D eigenvalue weighted by atomic mass is 9.64. The molecule has 2 N–H and O–H groups in total. The number of carbonyl (C=O) groups is 4. The molecule has 5 aromatic rings. The SMILES string of the molecule is COc1cc(Cn2cccn2)cc2onc(NS(=O)(=O)c3cccc(N4CCN(C5CC6(CCN(c7ccc8c(c7)C(=O)N(C7CCC(=O)NC7=O)C8=O)C6)C5)CC4)c3)c12. The van der Waals surface area contributed by atoms with E-state index in [1.165, 1.54) is 7.11 Å². The minimum Gasteiger partial charge on any atom is -0.496 e. The number of piperazine rings is 1. The minimum atomic E-state index is -4.03. The molecule has 3 aromatic carbocycles. The van der Waals surface area contributed by atoms with Gasteiger partial charge in [0.25, 0.3) is 21.8 Å². The third-order valence-corrected chi connectivity index (χ3v) is 14.2. The van der Waals surface area contributed by atoms with Crippen LogP contribution in [0, 0.1) is 5.41 Å². The van der Waals surface area contributed by atoms with Crippen LogP contribution >= 0.6 is 0 Å². The number of fused-ring (bicyclic) bond motifs is 2. The molecule has 2 aromatic heterocycles. The van der Waals surface area contributed by atoms with Gasteiger partial charge in [0, 0.05) is 75.5 Å². The summed E-state index contributed by atoms with van der Waals surface area (Å²) in [5.41, 5.74) is 3.73. The molecule has 310 valence electrons. The Hall–Kier alpha value is -6.27. The molecule has 4 amide bonds. The number of amides is 4. The van der Waals surface area contributed by atoms with E-state index >= 15 is 0 Å². The third kappa shape index (κ3) is 6.63. The summed E-state index contributed by atoms with van der Waals surface area (Å²) < 4.78 is 43.0. The summed E-state index contributed by atoms with van der Waals surface area (Å²) in [4.78, 5) is 58.9. The van der Waals surface area contributed by atoms with Gasteiger partial charge in [0.15, 0.2) is 11.4 Å². The van der Waals surface area contributed by atoms with Crippen LogP contribution in [-0.2, 0) is 26.2 Å². The van der Waals surface area contributed by atoms with Crippen LogP contribution in [0.1, 0.15) is 58.4 Å². The minimum absolute atomic E-state index is 0.0485. The number of imide groups is 2. The predicted molar refractivity (Wildman–Crippen MR) is 218 cm³/mol. The van der Waals surface area contributed by atoms with E-state index in [0.717, 1.165) is 80.4 Å². The Kier molecular flexibility index (Phi) is 9.16. The number of piperidine rings is 1. The van der Waals surface area contributed by atoms with Crippen LogP contribution in [0.2, 0.25) is 0 Å². The van der Waals surface area contributed by atoms with Gasteiger partial charge in [-0.2, -0.15) is 5.10 Å². The van der Waals surface area contributed by atoms with Gasteiger partial charge in [0.05, 0.1) is 29.7 Å². The lowest BCUT2D eigenvalue weighted by molar-refractivity contribution is -0.136. The van der Waals surface area contributed by atoms with Crippen molar-refractivity contribution in [2.45, 2.75) is 55.6 Å². The van der Waals surface area contributed by atoms with E-state index in [2.05, 4.69) is 35.0 Å². The molecule has 1 spiro atoms. The van der Waals surface area contributed by atoms with Crippen LogP contribution in [0.25, 0.3) is 11.0 Å². The number of nitrogens with zero attached hydrogens (tertiary/aromatic N) is 7. The summed E-state index contributed by atoms with van der Waals surface area (Å²) in [6.45, 7) is 5.43. The first-order valence-electron chi connectivity index (χ1n) is 20.1. The van der Waals surface area contributed by atoms with Gasteiger partial charge in [-0.1, -0.05) is 11.2 Å². The van der Waals surface area contributed by atoms with Crippen molar-refractivity contribution in [3.8, 4) is 5.75 Å². The molecule has 0 radical (unpaired) electrons. The zero-order chi connectivity index (χ0) is 41.3. The second-order valence-corrected chi connectivity index (χ2v) is 18.1. The van der Waals surface area contributed by atoms with E-state index in [-0.39, 0.29) is 34.5 Å². The van der Waals surface area contributed by atoms with E-state index in [4.69, 9.17) is 9.26 Å². The second-order valence-electron chi connectivity index (χ2n) is 16.4. The second kappa shape index (κ2) is 14.5. The molecule has 3 saturated heterocycles. The van der Waals surface area contributed by atoms with E-state index in [1.54, 1.807) is 47.3 Å². The first kappa shape index (κ1) is 38.0. The highest BCUT2D eigenvalue weighted by Crippen LogP contribution is 2.51. The van der Waals surface area contributed by atoms with Gasteiger partial charge in [-0.05, 0) is 91.3 Å². The molecule has 5 aliphatic rings.